The topological polar surface area (TPSA) is 26.0 Å². The number of hydrogen-bond acceptors (Lipinski definition) is 1. The van der Waals surface area contributed by atoms with Gasteiger partial charge >= 0.3 is 0 Å². The van der Waals surface area contributed by atoms with Crippen LogP contribution in [0.3, 0.4) is 0 Å². The monoisotopic (exact) mass is 225 g/mol. The number of hydrogen-bond donors (Lipinski definition) is 1. The van der Waals surface area contributed by atoms with Crippen molar-refractivity contribution < 1.29 is 0 Å². The van der Waals surface area contributed by atoms with E-state index in [0.29, 0.717) is 0 Å². The molecular weight excluding hydrogens is 206 g/mol. The zero-order valence-electron chi connectivity index (χ0n) is 10.7. The molecule has 0 spiro atoms. The van der Waals surface area contributed by atoms with Crippen LogP contribution in [0, 0.1) is 13.8 Å². The maximum Gasteiger partial charge on any atom is 0.0266 e. The predicted molar refractivity (Wildman–Crippen MR) is 74.0 cm³/mol. The molecule has 0 aliphatic carbocycles. The van der Waals surface area contributed by atoms with Gasteiger partial charge in [0.05, 0.1) is 0 Å². The van der Waals surface area contributed by atoms with Crippen LogP contribution in [-0.2, 0) is 0 Å². The van der Waals surface area contributed by atoms with Crippen molar-refractivity contribution >= 4 is 0 Å². The fourth-order valence-corrected chi connectivity index (χ4v) is 2.10. The summed E-state index contributed by atoms with van der Waals surface area (Å²) in [6, 6.07) is 15.2. The van der Waals surface area contributed by atoms with Crippen molar-refractivity contribution in [2.75, 3.05) is 0 Å². The molecule has 1 atom stereocenters. The number of nitrogens with two attached hydrogens (primary N) is 1. The predicted octanol–water partition coefficient (Wildman–Crippen LogP) is 3.99. The molecule has 1 heteroatoms. The summed E-state index contributed by atoms with van der Waals surface area (Å²) in [5.74, 6) is 0. The van der Waals surface area contributed by atoms with Crippen LogP contribution in [0.2, 0.25) is 0 Å². The second-order valence-electron chi connectivity index (χ2n) is 4.73. The van der Waals surface area contributed by atoms with Gasteiger partial charge in [-0.25, -0.2) is 0 Å². The van der Waals surface area contributed by atoms with Crippen molar-refractivity contribution in [2.24, 2.45) is 5.73 Å². The van der Waals surface area contributed by atoms with Gasteiger partial charge in [-0.3, -0.25) is 0 Å². The first-order valence-electron chi connectivity index (χ1n) is 6.01. The molecule has 0 aliphatic heterocycles. The average molecular weight is 225 g/mol. The Balaban J connectivity index is 2.40. The molecule has 2 aromatic carbocycles. The van der Waals surface area contributed by atoms with E-state index >= 15 is 0 Å². The molecule has 1 unspecified atom stereocenters. The summed E-state index contributed by atoms with van der Waals surface area (Å²) in [5.41, 5.74) is 12.2. The Kier molecular flexibility index (Phi) is 3.30. The van der Waals surface area contributed by atoms with Crippen LogP contribution in [0.4, 0.5) is 0 Å². The molecule has 88 valence electrons. The molecule has 0 saturated carbocycles. The van der Waals surface area contributed by atoms with E-state index in [-0.39, 0.29) is 6.04 Å². The van der Waals surface area contributed by atoms with E-state index in [9.17, 15) is 0 Å². The van der Waals surface area contributed by atoms with Crippen molar-refractivity contribution in [1.29, 1.82) is 0 Å². The van der Waals surface area contributed by atoms with Crippen LogP contribution in [0.5, 0.6) is 0 Å². The van der Waals surface area contributed by atoms with Crippen molar-refractivity contribution in [3.63, 3.8) is 0 Å². The Bertz CT molecular complexity index is 510. The van der Waals surface area contributed by atoms with Crippen molar-refractivity contribution in [3.8, 4) is 11.1 Å². The maximum atomic E-state index is 5.85. The molecule has 0 amide bonds. The quantitative estimate of drug-likeness (QED) is 0.821. The average Bonchev–Trinajstić information content (AvgIpc) is 2.29. The third-order valence-corrected chi connectivity index (χ3v) is 3.13. The summed E-state index contributed by atoms with van der Waals surface area (Å²) >= 11 is 0. The lowest BCUT2D eigenvalue weighted by Crippen LogP contribution is -2.04. The zero-order valence-corrected chi connectivity index (χ0v) is 10.7. The van der Waals surface area contributed by atoms with Gasteiger partial charge in [0.2, 0.25) is 0 Å². The van der Waals surface area contributed by atoms with E-state index in [0.717, 1.165) is 0 Å². The molecule has 0 aliphatic rings. The fraction of sp³-hybridized carbons (Fsp3) is 0.250. The Hall–Kier alpha value is -1.60. The third kappa shape index (κ3) is 2.56. The minimum absolute atomic E-state index is 0.100. The lowest BCUT2D eigenvalue weighted by Gasteiger charge is -2.10. The van der Waals surface area contributed by atoms with Gasteiger partial charge in [0, 0.05) is 6.04 Å². The van der Waals surface area contributed by atoms with Gasteiger partial charge in [-0.2, -0.15) is 0 Å². The first kappa shape index (κ1) is 11.9. The van der Waals surface area contributed by atoms with E-state index in [1.165, 1.54) is 27.8 Å². The van der Waals surface area contributed by atoms with E-state index in [4.69, 9.17) is 5.73 Å². The Morgan fingerprint density at radius 2 is 1.59 bits per heavy atom. The minimum atomic E-state index is 0.100. The Morgan fingerprint density at radius 3 is 2.12 bits per heavy atom. The zero-order chi connectivity index (χ0) is 12.4. The van der Waals surface area contributed by atoms with Crippen LogP contribution >= 0.6 is 0 Å². The van der Waals surface area contributed by atoms with Crippen LogP contribution in [0.15, 0.2) is 42.5 Å². The SMILES string of the molecule is Cc1ccc(-c2ccc(C(C)N)cc2)c(C)c1. The molecule has 0 saturated heterocycles. The highest BCUT2D eigenvalue weighted by Crippen LogP contribution is 2.25. The number of rotatable bonds is 2. The summed E-state index contributed by atoms with van der Waals surface area (Å²) in [7, 11) is 0. The largest absolute Gasteiger partial charge is 0.324 e. The first-order valence-corrected chi connectivity index (χ1v) is 6.01. The highest BCUT2D eigenvalue weighted by Gasteiger charge is 2.03. The Labute approximate surface area is 103 Å². The highest BCUT2D eigenvalue weighted by atomic mass is 14.6. The smallest absolute Gasteiger partial charge is 0.0266 e. The molecule has 2 N–H and O–H groups in total. The van der Waals surface area contributed by atoms with Gasteiger partial charge in [0.15, 0.2) is 0 Å². The summed E-state index contributed by atoms with van der Waals surface area (Å²) in [6.07, 6.45) is 0. The summed E-state index contributed by atoms with van der Waals surface area (Å²) < 4.78 is 0. The fourth-order valence-electron chi connectivity index (χ4n) is 2.10. The molecule has 0 bridgehead atoms. The summed E-state index contributed by atoms with van der Waals surface area (Å²) in [4.78, 5) is 0. The second kappa shape index (κ2) is 4.72. The van der Waals surface area contributed by atoms with Gasteiger partial charge in [-0.05, 0) is 43.0 Å². The molecule has 0 radical (unpaired) electrons. The molecule has 0 fully saturated rings. The molecule has 17 heavy (non-hydrogen) atoms. The summed E-state index contributed by atoms with van der Waals surface area (Å²) in [5, 5.41) is 0. The second-order valence-corrected chi connectivity index (χ2v) is 4.73. The number of benzene rings is 2. The van der Waals surface area contributed by atoms with E-state index in [1.54, 1.807) is 0 Å². The van der Waals surface area contributed by atoms with Gasteiger partial charge < -0.3 is 5.73 Å². The van der Waals surface area contributed by atoms with E-state index < -0.39 is 0 Å². The molecular formula is C16H19N. The lowest BCUT2D eigenvalue weighted by molar-refractivity contribution is 0.818. The molecule has 2 aromatic rings. The number of aryl methyl sites for hydroxylation is 2. The van der Waals surface area contributed by atoms with Crippen molar-refractivity contribution in [2.45, 2.75) is 26.8 Å². The maximum absolute atomic E-state index is 5.85. The van der Waals surface area contributed by atoms with Gasteiger partial charge in [-0.15, -0.1) is 0 Å². The lowest BCUT2D eigenvalue weighted by atomic mass is 9.97. The molecule has 2 rings (SSSR count). The molecule has 0 aromatic heterocycles. The van der Waals surface area contributed by atoms with E-state index in [1.807, 2.05) is 6.92 Å². The van der Waals surface area contributed by atoms with Crippen molar-refractivity contribution in [1.82, 2.24) is 0 Å². The first-order chi connectivity index (χ1) is 8.08. The van der Waals surface area contributed by atoms with Gasteiger partial charge in [0.25, 0.3) is 0 Å². The van der Waals surface area contributed by atoms with Crippen molar-refractivity contribution in [3.05, 3.63) is 59.2 Å². The molecule has 1 nitrogen and oxygen atoms in total. The van der Waals surface area contributed by atoms with Crippen LogP contribution in [0.25, 0.3) is 11.1 Å². The highest BCUT2D eigenvalue weighted by molar-refractivity contribution is 5.67. The van der Waals surface area contributed by atoms with Crippen LogP contribution < -0.4 is 5.73 Å². The van der Waals surface area contributed by atoms with Gasteiger partial charge in [-0.1, -0.05) is 48.0 Å². The van der Waals surface area contributed by atoms with Gasteiger partial charge in [0.1, 0.15) is 0 Å². The van der Waals surface area contributed by atoms with Crippen LogP contribution in [0.1, 0.15) is 29.7 Å². The normalized spacial score (nSPS) is 12.5. The van der Waals surface area contributed by atoms with E-state index in [2.05, 4.69) is 56.3 Å². The standard InChI is InChI=1S/C16H19N/c1-11-4-9-16(12(2)10-11)15-7-5-14(6-8-15)13(3)17/h4-10,13H,17H2,1-3H3. The third-order valence-electron chi connectivity index (χ3n) is 3.13. The Morgan fingerprint density at radius 1 is 0.941 bits per heavy atom. The minimum Gasteiger partial charge on any atom is -0.324 e. The molecule has 0 heterocycles. The van der Waals surface area contributed by atoms with Crippen LogP contribution in [-0.4, -0.2) is 0 Å². The summed E-state index contributed by atoms with van der Waals surface area (Å²) in [6.45, 7) is 6.28.